The van der Waals surface area contributed by atoms with E-state index in [2.05, 4.69) is 42.8 Å². The zero-order valence-electron chi connectivity index (χ0n) is 9.90. The Morgan fingerprint density at radius 3 is 3.12 bits per heavy atom. The van der Waals surface area contributed by atoms with Gasteiger partial charge in [0.1, 0.15) is 0 Å². The average Bonchev–Trinajstić information content (AvgIpc) is 2.35. The van der Waals surface area contributed by atoms with Crippen LogP contribution < -0.4 is 5.32 Å². The lowest BCUT2D eigenvalue weighted by atomic mass is 10.0. The SMILES string of the molecule is CSC(C)CNC1CSCc2ccccc21. The van der Waals surface area contributed by atoms with Crippen LogP contribution in [0.4, 0.5) is 0 Å². The molecule has 1 aliphatic heterocycles. The summed E-state index contributed by atoms with van der Waals surface area (Å²) >= 11 is 3.96. The molecule has 2 atom stereocenters. The molecule has 0 radical (unpaired) electrons. The summed E-state index contributed by atoms with van der Waals surface area (Å²) in [6.07, 6.45) is 2.18. The molecule has 1 aromatic rings. The van der Waals surface area contributed by atoms with Gasteiger partial charge in [-0.2, -0.15) is 23.5 Å². The van der Waals surface area contributed by atoms with Crippen molar-refractivity contribution < 1.29 is 0 Å². The second kappa shape index (κ2) is 5.99. The van der Waals surface area contributed by atoms with Crippen LogP contribution in [0.3, 0.4) is 0 Å². The van der Waals surface area contributed by atoms with Gasteiger partial charge in [-0.15, -0.1) is 0 Å². The zero-order chi connectivity index (χ0) is 11.4. The van der Waals surface area contributed by atoms with Crippen LogP contribution in [-0.4, -0.2) is 23.8 Å². The van der Waals surface area contributed by atoms with Crippen LogP contribution in [0.25, 0.3) is 0 Å². The van der Waals surface area contributed by atoms with Gasteiger partial charge < -0.3 is 5.32 Å². The highest BCUT2D eigenvalue weighted by Gasteiger charge is 2.19. The zero-order valence-corrected chi connectivity index (χ0v) is 11.5. The smallest absolute Gasteiger partial charge is 0.0415 e. The van der Waals surface area contributed by atoms with E-state index in [0.717, 1.165) is 6.54 Å². The van der Waals surface area contributed by atoms with Gasteiger partial charge in [0.15, 0.2) is 0 Å². The molecule has 0 bridgehead atoms. The van der Waals surface area contributed by atoms with E-state index in [4.69, 9.17) is 0 Å². The third-order valence-electron chi connectivity index (χ3n) is 3.03. The average molecular weight is 253 g/mol. The molecule has 0 fully saturated rings. The number of hydrogen-bond donors (Lipinski definition) is 1. The van der Waals surface area contributed by atoms with Crippen LogP contribution in [0.2, 0.25) is 0 Å². The Hall–Kier alpha value is -0.120. The Morgan fingerprint density at radius 1 is 1.50 bits per heavy atom. The highest BCUT2D eigenvalue weighted by Crippen LogP contribution is 2.31. The third-order valence-corrected chi connectivity index (χ3v) is 5.08. The van der Waals surface area contributed by atoms with Crippen molar-refractivity contribution in [3.8, 4) is 0 Å². The first-order chi connectivity index (χ1) is 7.81. The molecule has 16 heavy (non-hydrogen) atoms. The van der Waals surface area contributed by atoms with Crippen molar-refractivity contribution in [2.45, 2.75) is 24.0 Å². The number of nitrogens with one attached hydrogen (secondary N) is 1. The highest BCUT2D eigenvalue weighted by molar-refractivity contribution is 7.99. The number of benzene rings is 1. The summed E-state index contributed by atoms with van der Waals surface area (Å²) in [5, 5.41) is 4.38. The van der Waals surface area contributed by atoms with Crippen LogP contribution in [-0.2, 0) is 5.75 Å². The number of rotatable bonds is 4. The monoisotopic (exact) mass is 253 g/mol. The Kier molecular flexibility index (Phi) is 4.62. The van der Waals surface area contributed by atoms with Crippen LogP contribution in [0.1, 0.15) is 24.1 Å². The van der Waals surface area contributed by atoms with Gasteiger partial charge in [-0.25, -0.2) is 0 Å². The van der Waals surface area contributed by atoms with Crippen LogP contribution in [0.5, 0.6) is 0 Å². The second-order valence-corrected chi connectivity index (χ2v) is 6.53. The molecule has 3 heteroatoms. The van der Waals surface area contributed by atoms with Crippen molar-refractivity contribution >= 4 is 23.5 Å². The Morgan fingerprint density at radius 2 is 2.31 bits per heavy atom. The van der Waals surface area contributed by atoms with Gasteiger partial charge in [0.25, 0.3) is 0 Å². The van der Waals surface area contributed by atoms with Crippen LogP contribution in [0.15, 0.2) is 24.3 Å². The summed E-state index contributed by atoms with van der Waals surface area (Å²) in [5.74, 6) is 2.38. The van der Waals surface area contributed by atoms with Crippen molar-refractivity contribution in [1.82, 2.24) is 5.32 Å². The van der Waals surface area contributed by atoms with Crippen molar-refractivity contribution in [3.63, 3.8) is 0 Å². The van der Waals surface area contributed by atoms with Crippen molar-refractivity contribution in [2.75, 3.05) is 18.6 Å². The van der Waals surface area contributed by atoms with Gasteiger partial charge in [-0.05, 0) is 17.4 Å². The van der Waals surface area contributed by atoms with E-state index >= 15 is 0 Å². The highest BCUT2D eigenvalue weighted by atomic mass is 32.2. The van der Waals surface area contributed by atoms with Gasteiger partial charge in [-0.1, -0.05) is 31.2 Å². The molecule has 1 heterocycles. The normalized spacial score (nSPS) is 21.5. The van der Waals surface area contributed by atoms with Crippen LogP contribution >= 0.6 is 23.5 Å². The quantitative estimate of drug-likeness (QED) is 0.884. The minimum absolute atomic E-state index is 0.546. The lowest BCUT2D eigenvalue weighted by Crippen LogP contribution is -2.31. The van der Waals surface area contributed by atoms with E-state index in [0.29, 0.717) is 11.3 Å². The van der Waals surface area contributed by atoms with E-state index in [1.807, 2.05) is 23.5 Å². The molecule has 1 aromatic carbocycles. The molecule has 2 rings (SSSR count). The first kappa shape index (κ1) is 12.3. The molecule has 0 aliphatic carbocycles. The Labute approximate surface area is 107 Å². The van der Waals surface area contributed by atoms with Crippen molar-refractivity contribution in [3.05, 3.63) is 35.4 Å². The molecular formula is C13H19NS2. The summed E-state index contributed by atoms with van der Waals surface area (Å²) in [5.41, 5.74) is 3.02. The summed E-state index contributed by atoms with van der Waals surface area (Å²) in [4.78, 5) is 0. The fourth-order valence-electron chi connectivity index (χ4n) is 1.94. The van der Waals surface area contributed by atoms with Gasteiger partial charge in [0.2, 0.25) is 0 Å². The molecule has 0 aromatic heterocycles. The van der Waals surface area contributed by atoms with Crippen LogP contribution in [0, 0.1) is 0 Å². The molecular weight excluding hydrogens is 234 g/mol. The van der Waals surface area contributed by atoms with Gasteiger partial charge in [0, 0.05) is 29.3 Å². The van der Waals surface area contributed by atoms with Gasteiger partial charge in [0.05, 0.1) is 0 Å². The Bertz CT molecular complexity index is 340. The maximum atomic E-state index is 3.69. The molecule has 88 valence electrons. The lowest BCUT2D eigenvalue weighted by Gasteiger charge is -2.27. The molecule has 1 aliphatic rings. The summed E-state index contributed by atoms with van der Waals surface area (Å²) in [6.45, 7) is 3.38. The summed E-state index contributed by atoms with van der Waals surface area (Å²) < 4.78 is 0. The molecule has 1 N–H and O–H groups in total. The number of thioether (sulfide) groups is 2. The van der Waals surface area contributed by atoms with E-state index in [1.165, 1.54) is 22.6 Å². The Balaban J connectivity index is 2.01. The fourth-order valence-corrected chi connectivity index (χ4v) is 3.34. The standard InChI is InChI=1S/C13H19NS2/c1-10(15-2)7-14-13-9-16-8-11-5-3-4-6-12(11)13/h3-6,10,13-14H,7-9H2,1-2H3. The number of fused-ring (bicyclic) bond motifs is 1. The molecule has 0 saturated heterocycles. The minimum Gasteiger partial charge on any atom is -0.308 e. The van der Waals surface area contributed by atoms with E-state index in [9.17, 15) is 0 Å². The van der Waals surface area contributed by atoms with Gasteiger partial charge in [-0.3, -0.25) is 0 Å². The molecule has 1 nitrogen and oxygen atoms in total. The topological polar surface area (TPSA) is 12.0 Å². The van der Waals surface area contributed by atoms with E-state index in [1.54, 1.807) is 0 Å². The molecule has 0 amide bonds. The lowest BCUT2D eigenvalue weighted by molar-refractivity contribution is 0.576. The first-order valence-electron chi connectivity index (χ1n) is 5.73. The maximum Gasteiger partial charge on any atom is 0.0415 e. The summed E-state index contributed by atoms with van der Waals surface area (Å²) in [6, 6.07) is 9.38. The molecule has 0 spiro atoms. The third kappa shape index (κ3) is 2.96. The molecule has 0 saturated carbocycles. The van der Waals surface area contributed by atoms with Crippen molar-refractivity contribution in [1.29, 1.82) is 0 Å². The second-order valence-electron chi connectivity index (χ2n) is 4.22. The van der Waals surface area contributed by atoms with E-state index in [-0.39, 0.29) is 0 Å². The summed E-state index contributed by atoms with van der Waals surface area (Å²) in [7, 11) is 0. The largest absolute Gasteiger partial charge is 0.308 e. The number of hydrogen-bond acceptors (Lipinski definition) is 3. The predicted octanol–water partition coefficient (Wildman–Crippen LogP) is 3.32. The first-order valence-corrected chi connectivity index (χ1v) is 8.17. The van der Waals surface area contributed by atoms with Crippen molar-refractivity contribution in [2.24, 2.45) is 0 Å². The minimum atomic E-state index is 0.546. The fraction of sp³-hybridized carbons (Fsp3) is 0.538. The van der Waals surface area contributed by atoms with Gasteiger partial charge >= 0.3 is 0 Å². The van der Waals surface area contributed by atoms with E-state index < -0.39 is 0 Å². The predicted molar refractivity (Wildman–Crippen MR) is 76.3 cm³/mol. The maximum absolute atomic E-state index is 3.69. The molecule has 2 unspecified atom stereocenters.